The van der Waals surface area contributed by atoms with Crippen molar-refractivity contribution in [2.24, 2.45) is 0 Å². The van der Waals surface area contributed by atoms with Crippen LogP contribution in [0.15, 0.2) is 155 Å². The highest BCUT2D eigenvalue weighted by Crippen LogP contribution is 2.57. The van der Waals surface area contributed by atoms with Crippen LogP contribution in [0.25, 0.3) is 77.5 Å². The van der Waals surface area contributed by atoms with Crippen molar-refractivity contribution in [3.8, 4) is 66.8 Å². The van der Waals surface area contributed by atoms with E-state index < -0.39 is 9.84 Å². The van der Waals surface area contributed by atoms with E-state index in [1.807, 2.05) is 36.4 Å². The summed E-state index contributed by atoms with van der Waals surface area (Å²) in [5, 5.41) is 2.48. The average molecular weight is 569 g/mol. The van der Waals surface area contributed by atoms with Crippen LogP contribution < -0.4 is 0 Å². The molecule has 1 aliphatic carbocycles. The minimum Gasteiger partial charge on any atom is -0.218 e. The van der Waals surface area contributed by atoms with Crippen LogP contribution in [0, 0.1) is 0 Å². The Morgan fingerprint density at radius 3 is 1.67 bits per heavy atom. The van der Waals surface area contributed by atoms with Crippen LogP contribution in [-0.2, 0) is 9.84 Å². The Hall–Kier alpha value is -5.25. The Morgan fingerprint density at radius 2 is 0.930 bits per heavy atom. The topological polar surface area (TPSA) is 34.1 Å². The van der Waals surface area contributed by atoms with Gasteiger partial charge in [-0.3, -0.25) is 0 Å². The van der Waals surface area contributed by atoms with Crippen molar-refractivity contribution in [3.63, 3.8) is 0 Å². The van der Waals surface area contributed by atoms with Crippen molar-refractivity contribution < 1.29 is 8.42 Å². The van der Waals surface area contributed by atoms with Gasteiger partial charge in [0.05, 0.1) is 9.79 Å². The molecule has 2 nitrogen and oxygen atoms in total. The third-order valence-electron chi connectivity index (χ3n) is 8.97. The number of rotatable bonds is 3. The number of fused-ring (bicyclic) bond motifs is 6. The SMILES string of the molecule is O=S1(=O)c2ccccc2-c2ccc(-c3cc(-c4ccccc4)c4c(c3-c3ccccc3)-c3cccc5cccc-4c35)cc21. The molecule has 1 aliphatic heterocycles. The van der Waals surface area contributed by atoms with Gasteiger partial charge in [0.1, 0.15) is 0 Å². The Labute approximate surface area is 250 Å². The number of benzene rings is 7. The van der Waals surface area contributed by atoms with Crippen molar-refractivity contribution in [2.75, 3.05) is 0 Å². The van der Waals surface area contributed by atoms with Gasteiger partial charge in [0.25, 0.3) is 0 Å². The van der Waals surface area contributed by atoms with Gasteiger partial charge in [0, 0.05) is 11.1 Å². The van der Waals surface area contributed by atoms with Crippen LogP contribution >= 0.6 is 0 Å². The molecule has 43 heavy (non-hydrogen) atoms. The molecule has 0 radical (unpaired) electrons. The summed E-state index contributed by atoms with van der Waals surface area (Å²) in [6.45, 7) is 0. The lowest BCUT2D eigenvalue weighted by molar-refractivity contribution is 0.598. The summed E-state index contributed by atoms with van der Waals surface area (Å²) < 4.78 is 27.5. The van der Waals surface area contributed by atoms with Crippen molar-refractivity contribution in [1.29, 1.82) is 0 Å². The molecule has 1 heterocycles. The lowest BCUT2D eigenvalue weighted by Gasteiger charge is -2.21. The van der Waals surface area contributed by atoms with E-state index in [4.69, 9.17) is 0 Å². The zero-order chi connectivity index (χ0) is 28.7. The fourth-order valence-electron chi connectivity index (χ4n) is 7.14. The largest absolute Gasteiger partial charge is 0.218 e. The molecule has 0 atom stereocenters. The van der Waals surface area contributed by atoms with Crippen molar-refractivity contribution in [2.45, 2.75) is 9.79 Å². The molecule has 7 aromatic carbocycles. The van der Waals surface area contributed by atoms with Crippen LogP contribution in [0.5, 0.6) is 0 Å². The van der Waals surface area contributed by atoms with Crippen LogP contribution in [0.4, 0.5) is 0 Å². The molecule has 0 N–H and O–H groups in total. The third kappa shape index (κ3) is 3.37. The summed E-state index contributed by atoms with van der Waals surface area (Å²) in [6.07, 6.45) is 0. The van der Waals surface area contributed by atoms with Gasteiger partial charge >= 0.3 is 0 Å². The molecular formula is C40H24O2S. The minimum atomic E-state index is -3.62. The maximum atomic E-state index is 13.8. The number of hydrogen-bond acceptors (Lipinski definition) is 2. The second kappa shape index (κ2) is 8.87. The highest BCUT2D eigenvalue weighted by molar-refractivity contribution is 7.92. The minimum absolute atomic E-state index is 0.373. The highest BCUT2D eigenvalue weighted by Gasteiger charge is 2.34. The van der Waals surface area contributed by atoms with Crippen LogP contribution in [-0.4, -0.2) is 8.42 Å². The maximum Gasteiger partial charge on any atom is 0.207 e. The zero-order valence-corrected chi connectivity index (χ0v) is 23.9. The molecule has 7 aromatic rings. The normalized spacial score (nSPS) is 13.5. The first-order valence-corrected chi connectivity index (χ1v) is 15.9. The molecule has 2 aliphatic rings. The molecule has 3 heteroatoms. The van der Waals surface area contributed by atoms with Gasteiger partial charge in [-0.1, -0.05) is 127 Å². The van der Waals surface area contributed by atoms with E-state index in [1.54, 1.807) is 12.1 Å². The predicted molar refractivity (Wildman–Crippen MR) is 176 cm³/mol. The van der Waals surface area contributed by atoms with E-state index in [0.29, 0.717) is 9.79 Å². The summed E-state index contributed by atoms with van der Waals surface area (Å²) in [5.41, 5.74) is 12.8. The van der Waals surface area contributed by atoms with E-state index >= 15 is 0 Å². The third-order valence-corrected chi connectivity index (χ3v) is 10.8. The molecule has 0 saturated heterocycles. The Balaban J connectivity index is 1.43. The Bertz CT molecular complexity index is 2380. The molecule has 0 amide bonds. The number of sulfone groups is 1. The van der Waals surface area contributed by atoms with Gasteiger partial charge in [-0.2, -0.15) is 0 Å². The second-order valence-corrected chi connectivity index (χ2v) is 13.1. The molecular weight excluding hydrogens is 545 g/mol. The fourth-order valence-corrected chi connectivity index (χ4v) is 8.86. The van der Waals surface area contributed by atoms with Gasteiger partial charge in [0.2, 0.25) is 9.84 Å². The van der Waals surface area contributed by atoms with Gasteiger partial charge in [-0.05, 0) is 84.6 Å². The Kier molecular flexibility index (Phi) is 5.03. The molecule has 0 unspecified atom stereocenters. The predicted octanol–water partition coefficient (Wildman–Crippen LogP) is 10.3. The first-order valence-electron chi connectivity index (χ1n) is 14.4. The van der Waals surface area contributed by atoms with E-state index in [9.17, 15) is 8.42 Å². The molecule has 0 bridgehead atoms. The second-order valence-electron chi connectivity index (χ2n) is 11.2. The molecule has 0 aromatic heterocycles. The maximum absolute atomic E-state index is 13.8. The lowest BCUT2D eigenvalue weighted by Crippen LogP contribution is -1.98. The molecule has 0 fully saturated rings. The highest BCUT2D eigenvalue weighted by atomic mass is 32.2. The van der Waals surface area contributed by atoms with E-state index in [2.05, 4.69) is 97.1 Å². The summed E-state index contributed by atoms with van der Waals surface area (Å²) in [6, 6.07) is 49.7. The molecule has 0 spiro atoms. The molecule has 0 saturated carbocycles. The number of hydrogen-bond donors (Lipinski definition) is 0. The first-order chi connectivity index (χ1) is 21.1. The zero-order valence-electron chi connectivity index (χ0n) is 23.1. The van der Waals surface area contributed by atoms with Crippen LogP contribution in [0.2, 0.25) is 0 Å². The Morgan fingerprint density at radius 1 is 0.349 bits per heavy atom. The van der Waals surface area contributed by atoms with Crippen LogP contribution in [0.1, 0.15) is 0 Å². The first kappa shape index (κ1) is 24.4. The van der Waals surface area contributed by atoms with E-state index in [1.165, 1.54) is 33.0 Å². The lowest BCUT2D eigenvalue weighted by atomic mass is 9.82. The van der Waals surface area contributed by atoms with Crippen molar-refractivity contribution in [3.05, 3.63) is 146 Å². The van der Waals surface area contributed by atoms with Crippen LogP contribution in [0.3, 0.4) is 0 Å². The standard InChI is InChI=1S/C40H24O2S/c41-43(42)35-20-8-7-17-29(35)30-22-21-28(23-36(30)43)34-24-33(25-11-3-1-4-12-25)39-31-18-9-15-26-16-10-19-32(37(26)31)40(39)38(34)27-13-5-2-6-14-27/h1-24H. The quantitative estimate of drug-likeness (QED) is 0.212. The summed E-state index contributed by atoms with van der Waals surface area (Å²) in [4.78, 5) is 0.754. The molecule has 9 rings (SSSR count). The van der Waals surface area contributed by atoms with Gasteiger partial charge in [0.15, 0.2) is 0 Å². The monoisotopic (exact) mass is 568 g/mol. The average Bonchev–Trinajstić information content (AvgIpc) is 3.51. The summed E-state index contributed by atoms with van der Waals surface area (Å²) >= 11 is 0. The summed E-state index contributed by atoms with van der Waals surface area (Å²) in [5.74, 6) is 0. The smallest absolute Gasteiger partial charge is 0.207 e. The van der Waals surface area contributed by atoms with Gasteiger partial charge in [-0.15, -0.1) is 0 Å². The van der Waals surface area contributed by atoms with E-state index in [0.717, 1.165) is 44.5 Å². The summed E-state index contributed by atoms with van der Waals surface area (Å²) in [7, 11) is -3.62. The van der Waals surface area contributed by atoms with Crippen molar-refractivity contribution in [1.82, 2.24) is 0 Å². The van der Waals surface area contributed by atoms with E-state index in [-0.39, 0.29) is 0 Å². The van der Waals surface area contributed by atoms with Gasteiger partial charge < -0.3 is 0 Å². The van der Waals surface area contributed by atoms with Gasteiger partial charge in [-0.25, -0.2) is 8.42 Å². The fraction of sp³-hybridized carbons (Fsp3) is 0. The van der Waals surface area contributed by atoms with Crippen molar-refractivity contribution >= 4 is 20.6 Å². The molecule has 202 valence electrons.